The molecule has 108 valence electrons. The van der Waals surface area contributed by atoms with Gasteiger partial charge in [0.15, 0.2) is 0 Å². The zero-order valence-electron chi connectivity index (χ0n) is 12.3. The summed E-state index contributed by atoms with van der Waals surface area (Å²) in [6.45, 7) is 10.6. The van der Waals surface area contributed by atoms with Gasteiger partial charge in [-0.1, -0.05) is 11.6 Å². The first-order valence-corrected chi connectivity index (χ1v) is 7.53. The lowest BCUT2D eigenvalue weighted by Gasteiger charge is -2.16. The molecule has 0 atom stereocenters. The number of halogens is 1. The minimum atomic E-state index is 0.703. The number of rotatable bonds is 6. The van der Waals surface area contributed by atoms with Crippen molar-refractivity contribution in [2.45, 2.75) is 20.8 Å². The van der Waals surface area contributed by atoms with Crippen molar-refractivity contribution in [2.75, 3.05) is 31.5 Å². The van der Waals surface area contributed by atoms with Crippen LogP contribution in [-0.2, 0) is 0 Å². The highest BCUT2D eigenvalue weighted by Gasteiger charge is 2.07. The molecule has 4 nitrogen and oxygen atoms in total. The first-order chi connectivity index (χ1) is 9.63. The van der Waals surface area contributed by atoms with E-state index in [1.807, 2.05) is 25.1 Å². The molecule has 0 spiro atoms. The van der Waals surface area contributed by atoms with E-state index in [9.17, 15) is 0 Å². The van der Waals surface area contributed by atoms with Crippen LogP contribution in [0.4, 0.5) is 5.82 Å². The average Bonchev–Trinajstić information content (AvgIpc) is 2.42. The Kier molecular flexibility index (Phi) is 5.15. The lowest BCUT2D eigenvalue weighted by atomic mass is 10.2. The molecule has 2 N–H and O–H groups in total. The maximum Gasteiger partial charge on any atom is 0.137 e. The molecule has 2 rings (SSSR count). The van der Waals surface area contributed by atoms with Gasteiger partial charge >= 0.3 is 0 Å². The summed E-state index contributed by atoms with van der Waals surface area (Å²) in [5.74, 6) is 1.66. The van der Waals surface area contributed by atoms with Gasteiger partial charge in [0.1, 0.15) is 11.6 Å². The zero-order valence-corrected chi connectivity index (χ0v) is 13.1. The second-order valence-electron chi connectivity index (χ2n) is 4.91. The van der Waals surface area contributed by atoms with E-state index in [1.54, 1.807) is 4.90 Å². The molecule has 0 fully saturated rings. The fraction of sp³-hybridized carbons (Fsp3) is 0.467. The third kappa shape index (κ3) is 3.58. The van der Waals surface area contributed by atoms with E-state index in [2.05, 4.69) is 29.1 Å². The van der Waals surface area contributed by atoms with Gasteiger partial charge in [0.05, 0.1) is 31.7 Å². The van der Waals surface area contributed by atoms with Gasteiger partial charge in [-0.15, -0.1) is 0 Å². The molecule has 5 heteroatoms. The fourth-order valence-electron chi connectivity index (χ4n) is 2.31. The van der Waals surface area contributed by atoms with E-state index in [1.165, 1.54) is 0 Å². The number of hydrogen-bond acceptors (Lipinski definition) is 3. The molecule has 0 aliphatic rings. The van der Waals surface area contributed by atoms with Crippen LogP contribution >= 0.6 is 11.6 Å². The Labute approximate surface area is 125 Å². The van der Waals surface area contributed by atoms with E-state index in [0.29, 0.717) is 5.02 Å². The molecule has 0 aliphatic carbocycles. The maximum atomic E-state index is 6.02. The Morgan fingerprint density at radius 3 is 2.65 bits per heavy atom. The third-order valence-corrected chi connectivity index (χ3v) is 3.78. The van der Waals surface area contributed by atoms with Crippen molar-refractivity contribution in [2.24, 2.45) is 0 Å². The van der Waals surface area contributed by atoms with Gasteiger partial charge in [0, 0.05) is 10.4 Å². The van der Waals surface area contributed by atoms with Crippen LogP contribution < -0.4 is 10.2 Å². The van der Waals surface area contributed by atoms with Gasteiger partial charge in [-0.3, -0.25) is 0 Å². The van der Waals surface area contributed by atoms with Crippen LogP contribution in [0.3, 0.4) is 0 Å². The van der Waals surface area contributed by atoms with E-state index in [4.69, 9.17) is 11.6 Å². The Morgan fingerprint density at radius 2 is 1.95 bits per heavy atom. The summed E-state index contributed by atoms with van der Waals surface area (Å²) in [6, 6.07) is 5.74. The molecule has 1 aromatic carbocycles. The maximum absolute atomic E-state index is 6.02. The Bertz CT molecular complexity index is 576. The zero-order chi connectivity index (χ0) is 14.5. The number of nitrogens with one attached hydrogen (secondary N) is 2. The molecule has 2 aromatic rings. The van der Waals surface area contributed by atoms with Gasteiger partial charge in [-0.2, -0.15) is 0 Å². The summed E-state index contributed by atoms with van der Waals surface area (Å²) < 4.78 is 0. The first-order valence-electron chi connectivity index (χ1n) is 7.15. The standard InChI is InChI=1S/C15H21ClN4/c1-4-20(5-2)9-8-17-15-13-7-6-12(16)10-14(13)18-11(3)19-15/h6-7,10H,4-5,8-9H2,1-3H3,(H,17,18,19)/p+1. The van der Waals surface area contributed by atoms with E-state index in [-0.39, 0.29) is 0 Å². The lowest BCUT2D eigenvalue weighted by molar-refractivity contribution is -0.894. The number of aromatic nitrogens is 2. The summed E-state index contributed by atoms with van der Waals surface area (Å²) in [5, 5.41) is 5.16. The number of benzene rings is 1. The van der Waals surface area contributed by atoms with Gasteiger partial charge < -0.3 is 10.2 Å². The van der Waals surface area contributed by atoms with Crippen LogP contribution in [0.25, 0.3) is 10.9 Å². The van der Waals surface area contributed by atoms with E-state index < -0.39 is 0 Å². The van der Waals surface area contributed by atoms with Crippen LogP contribution in [-0.4, -0.2) is 36.1 Å². The summed E-state index contributed by atoms with van der Waals surface area (Å²) in [4.78, 5) is 10.5. The summed E-state index contributed by atoms with van der Waals surface area (Å²) in [5.41, 5.74) is 0.891. The van der Waals surface area contributed by atoms with Crippen molar-refractivity contribution in [3.05, 3.63) is 29.0 Å². The SMILES string of the molecule is CC[NH+](CC)CCNc1nc(C)nc2cc(Cl)ccc12. The van der Waals surface area contributed by atoms with Crippen molar-refractivity contribution in [1.82, 2.24) is 9.97 Å². The van der Waals surface area contributed by atoms with Crippen LogP contribution in [0.15, 0.2) is 18.2 Å². The summed E-state index contributed by atoms with van der Waals surface area (Å²) in [7, 11) is 0. The average molecular weight is 294 g/mol. The third-order valence-electron chi connectivity index (χ3n) is 3.54. The lowest BCUT2D eigenvalue weighted by Crippen LogP contribution is -3.12. The van der Waals surface area contributed by atoms with Crippen molar-refractivity contribution in [1.29, 1.82) is 0 Å². The smallest absolute Gasteiger partial charge is 0.137 e. The number of anilines is 1. The minimum absolute atomic E-state index is 0.703. The minimum Gasteiger partial charge on any atom is -0.364 e. The highest BCUT2D eigenvalue weighted by Crippen LogP contribution is 2.23. The highest BCUT2D eigenvalue weighted by molar-refractivity contribution is 6.31. The van der Waals surface area contributed by atoms with Crippen LogP contribution in [0.2, 0.25) is 5.02 Å². The molecule has 0 radical (unpaired) electrons. The molecule has 1 aromatic heterocycles. The highest BCUT2D eigenvalue weighted by atomic mass is 35.5. The quantitative estimate of drug-likeness (QED) is 0.855. The Balaban J connectivity index is 2.17. The topological polar surface area (TPSA) is 42.2 Å². The molecule has 0 saturated carbocycles. The van der Waals surface area contributed by atoms with E-state index in [0.717, 1.165) is 48.7 Å². The molecule has 1 heterocycles. The van der Waals surface area contributed by atoms with Crippen molar-refractivity contribution in [3.63, 3.8) is 0 Å². The Hall–Kier alpha value is -1.39. The molecule has 0 aliphatic heterocycles. The van der Waals surface area contributed by atoms with Gasteiger partial charge in [0.2, 0.25) is 0 Å². The van der Waals surface area contributed by atoms with Crippen molar-refractivity contribution in [3.8, 4) is 0 Å². The van der Waals surface area contributed by atoms with Crippen LogP contribution in [0.1, 0.15) is 19.7 Å². The van der Waals surface area contributed by atoms with E-state index >= 15 is 0 Å². The van der Waals surface area contributed by atoms with Gasteiger partial charge in [-0.05, 0) is 39.0 Å². The molecule has 0 bridgehead atoms. The van der Waals surface area contributed by atoms with Crippen molar-refractivity contribution >= 4 is 28.3 Å². The molecule has 0 amide bonds. The van der Waals surface area contributed by atoms with Crippen LogP contribution in [0, 0.1) is 6.92 Å². The first kappa shape index (κ1) is 15.0. The molecular formula is C15H22ClN4+. The second kappa shape index (κ2) is 6.86. The predicted molar refractivity (Wildman–Crippen MR) is 84.7 cm³/mol. The van der Waals surface area contributed by atoms with Gasteiger partial charge in [-0.25, -0.2) is 9.97 Å². The number of fused-ring (bicyclic) bond motifs is 1. The Morgan fingerprint density at radius 1 is 1.20 bits per heavy atom. The molecule has 0 saturated heterocycles. The number of aryl methyl sites for hydroxylation is 1. The largest absolute Gasteiger partial charge is 0.364 e. The number of nitrogens with zero attached hydrogens (tertiary/aromatic N) is 2. The number of quaternary nitrogens is 1. The van der Waals surface area contributed by atoms with Crippen LogP contribution in [0.5, 0.6) is 0 Å². The molecule has 0 unspecified atom stereocenters. The number of likely N-dealkylation sites (N-methyl/N-ethyl adjacent to an activating group) is 1. The summed E-state index contributed by atoms with van der Waals surface area (Å²) >= 11 is 6.02. The van der Waals surface area contributed by atoms with Gasteiger partial charge in [0.25, 0.3) is 0 Å². The number of hydrogen-bond donors (Lipinski definition) is 2. The fourth-order valence-corrected chi connectivity index (χ4v) is 2.48. The van der Waals surface area contributed by atoms with Crippen molar-refractivity contribution < 1.29 is 4.90 Å². The predicted octanol–water partition coefficient (Wildman–Crippen LogP) is 1.93. The second-order valence-corrected chi connectivity index (χ2v) is 5.35. The molecule has 20 heavy (non-hydrogen) atoms. The molecular weight excluding hydrogens is 272 g/mol. The summed E-state index contributed by atoms with van der Waals surface area (Å²) in [6.07, 6.45) is 0. The monoisotopic (exact) mass is 293 g/mol. The normalized spacial score (nSPS) is 11.2.